The first-order valence-electron chi connectivity index (χ1n) is 6.42. The average molecular weight is 322 g/mol. The van der Waals surface area contributed by atoms with E-state index in [4.69, 9.17) is 0 Å². The van der Waals surface area contributed by atoms with E-state index in [-0.39, 0.29) is 10.6 Å². The summed E-state index contributed by atoms with van der Waals surface area (Å²) < 4.78 is 54.0. The molecule has 22 heavy (non-hydrogen) atoms. The summed E-state index contributed by atoms with van der Waals surface area (Å²) in [5.74, 6) is -1.13. The van der Waals surface area contributed by atoms with Crippen LogP contribution in [0.4, 0.5) is 14.5 Å². The number of aryl methyl sites for hydroxylation is 1. The number of sulfonamides is 1. The number of hydrogen-bond acceptors (Lipinski definition) is 2. The molecule has 1 heterocycles. The van der Waals surface area contributed by atoms with E-state index < -0.39 is 21.7 Å². The van der Waals surface area contributed by atoms with Crippen molar-refractivity contribution in [3.8, 4) is 0 Å². The highest BCUT2D eigenvalue weighted by Crippen LogP contribution is 2.26. The first-order chi connectivity index (χ1) is 10.4. The number of rotatable bonds is 3. The minimum absolute atomic E-state index is 0.0672. The predicted octanol–water partition coefficient (Wildman–Crippen LogP) is 3.56. The van der Waals surface area contributed by atoms with Gasteiger partial charge in [-0.2, -0.15) is 0 Å². The Kier molecular flexibility index (Phi) is 3.37. The Balaban J connectivity index is 2.05. The molecule has 0 fully saturated rings. The molecule has 4 nitrogen and oxygen atoms in total. The maximum absolute atomic E-state index is 13.8. The van der Waals surface area contributed by atoms with Crippen molar-refractivity contribution in [2.45, 2.75) is 11.8 Å². The first-order valence-corrected chi connectivity index (χ1v) is 7.91. The van der Waals surface area contributed by atoms with Crippen LogP contribution in [0.1, 0.15) is 5.56 Å². The lowest BCUT2D eigenvalue weighted by Crippen LogP contribution is -2.13. The normalized spacial score (nSPS) is 11.8. The molecule has 0 amide bonds. The van der Waals surface area contributed by atoms with Gasteiger partial charge in [-0.1, -0.05) is 6.07 Å². The molecule has 1 aromatic heterocycles. The molecule has 0 saturated heterocycles. The van der Waals surface area contributed by atoms with Gasteiger partial charge in [0.15, 0.2) is 0 Å². The van der Waals surface area contributed by atoms with E-state index in [2.05, 4.69) is 9.71 Å². The third kappa shape index (κ3) is 2.55. The number of benzene rings is 2. The molecule has 0 atom stereocenters. The molecular weight excluding hydrogens is 310 g/mol. The van der Waals surface area contributed by atoms with Crippen molar-refractivity contribution in [2.24, 2.45) is 0 Å². The maximum Gasteiger partial charge on any atom is 0.264 e. The SMILES string of the molecule is Cc1ccc(NS(=O)(=O)c2c[nH]c3cc(F)ccc23)c(F)c1. The standard InChI is InChI=1S/C15H12F2N2O2S/c1-9-2-5-13(12(17)6-9)19-22(20,21)15-8-18-14-7-10(16)3-4-11(14)15/h2-8,18-19H,1H3. The molecule has 0 saturated carbocycles. The molecule has 0 aliphatic rings. The second-order valence-corrected chi connectivity index (χ2v) is 6.58. The molecule has 114 valence electrons. The van der Waals surface area contributed by atoms with Gasteiger partial charge in [-0.3, -0.25) is 4.72 Å². The topological polar surface area (TPSA) is 62.0 Å². The second-order valence-electron chi connectivity index (χ2n) is 4.93. The number of fused-ring (bicyclic) bond motifs is 1. The van der Waals surface area contributed by atoms with Crippen LogP contribution in [0.3, 0.4) is 0 Å². The Morgan fingerprint density at radius 2 is 1.86 bits per heavy atom. The van der Waals surface area contributed by atoms with Gasteiger partial charge in [0.05, 0.1) is 5.69 Å². The number of nitrogens with one attached hydrogen (secondary N) is 2. The summed E-state index contributed by atoms with van der Waals surface area (Å²) in [6.07, 6.45) is 1.25. The van der Waals surface area contributed by atoms with E-state index >= 15 is 0 Å². The molecule has 0 spiro atoms. The summed E-state index contributed by atoms with van der Waals surface area (Å²) >= 11 is 0. The van der Waals surface area contributed by atoms with Gasteiger partial charge in [0.25, 0.3) is 10.0 Å². The summed E-state index contributed by atoms with van der Waals surface area (Å²) in [6.45, 7) is 1.70. The summed E-state index contributed by atoms with van der Waals surface area (Å²) in [5.41, 5.74) is 0.898. The van der Waals surface area contributed by atoms with Gasteiger partial charge in [0, 0.05) is 17.1 Å². The number of H-pyrrole nitrogens is 1. The highest BCUT2D eigenvalue weighted by molar-refractivity contribution is 7.93. The van der Waals surface area contributed by atoms with Crippen LogP contribution in [0.2, 0.25) is 0 Å². The number of aromatic nitrogens is 1. The third-order valence-corrected chi connectivity index (χ3v) is 4.67. The second kappa shape index (κ2) is 5.10. The first kappa shape index (κ1) is 14.5. The summed E-state index contributed by atoms with van der Waals surface area (Å²) in [5, 5.41) is 0.335. The molecule has 3 rings (SSSR count). The molecule has 0 radical (unpaired) electrons. The van der Waals surface area contributed by atoms with Gasteiger partial charge < -0.3 is 4.98 Å². The third-order valence-electron chi connectivity index (χ3n) is 3.26. The van der Waals surface area contributed by atoms with Gasteiger partial charge in [-0.15, -0.1) is 0 Å². The molecule has 0 unspecified atom stereocenters. The highest BCUT2D eigenvalue weighted by Gasteiger charge is 2.20. The fraction of sp³-hybridized carbons (Fsp3) is 0.0667. The Hall–Kier alpha value is -2.41. The number of halogens is 2. The Morgan fingerprint density at radius 3 is 2.59 bits per heavy atom. The van der Waals surface area contributed by atoms with Crippen LogP contribution >= 0.6 is 0 Å². The van der Waals surface area contributed by atoms with Crippen LogP contribution in [-0.2, 0) is 10.0 Å². The largest absolute Gasteiger partial charge is 0.360 e. The monoisotopic (exact) mass is 322 g/mol. The lowest BCUT2D eigenvalue weighted by Gasteiger charge is -2.08. The molecule has 0 bridgehead atoms. The minimum Gasteiger partial charge on any atom is -0.360 e. The van der Waals surface area contributed by atoms with Gasteiger partial charge in [0.2, 0.25) is 0 Å². The van der Waals surface area contributed by atoms with Crippen molar-refractivity contribution in [1.82, 2.24) is 4.98 Å². The van der Waals surface area contributed by atoms with Crippen LogP contribution in [-0.4, -0.2) is 13.4 Å². The molecule has 0 aliphatic carbocycles. The van der Waals surface area contributed by atoms with Gasteiger partial charge >= 0.3 is 0 Å². The van der Waals surface area contributed by atoms with Crippen LogP contribution in [0.25, 0.3) is 10.9 Å². The Bertz CT molecular complexity index is 965. The minimum atomic E-state index is -3.99. The van der Waals surface area contributed by atoms with Crippen LogP contribution in [0.5, 0.6) is 0 Å². The number of aromatic amines is 1. The molecule has 0 aliphatic heterocycles. The Morgan fingerprint density at radius 1 is 1.09 bits per heavy atom. The van der Waals surface area contributed by atoms with Crippen molar-refractivity contribution >= 4 is 26.6 Å². The average Bonchev–Trinajstić information content (AvgIpc) is 2.85. The fourth-order valence-electron chi connectivity index (χ4n) is 2.20. The molecule has 2 N–H and O–H groups in total. The van der Waals surface area contributed by atoms with Crippen LogP contribution in [0.15, 0.2) is 47.5 Å². The zero-order valence-corrected chi connectivity index (χ0v) is 12.3. The van der Waals surface area contributed by atoms with E-state index in [0.29, 0.717) is 16.5 Å². The van der Waals surface area contributed by atoms with E-state index in [9.17, 15) is 17.2 Å². The van der Waals surface area contributed by atoms with Gasteiger partial charge in [0.1, 0.15) is 16.5 Å². The van der Waals surface area contributed by atoms with E-state index in [1.165, 1.54) is 36.5 Å². The van der Waals surface area contributed by atoms with Crippen molar-refractivity contribution in [3.63, 3.8) is 0 Å². The summed E-state index contributed by atoms with van der Waals surface area (Å²) in [7, 11) is -3.99. The van der Waals surface area contributed by atoms with Crippen molar-refractivity contribution in [1.29, 1.82) is 0 Å². The van der Waals surface area contributed by atoms with Crippen LogP contribution < -0.4 is 4.72 Å². The predicted molar refractivity (Wildman–Crippen MR) is 80.2 cm³/mol. The molecule has 7 heteroatoms. The van der Waals surface area contributed by atoms with E-state index in [0.717, 1.165) is 0 Å². The smallest absolute Gasteiger partial charge is 0.264 e. The van der Waals surface area contributed by atoms with Crippen molar-refractivity contribution in [2.75, 3.05) is 4.72 Å². The number of hydrogen-bond donors (Lipinski definition) is 2. The van der Waals surface area contributed by atoms with Gasteiger partial charge in [-0.25, -0.2) is 17.2 Å². The quantitative estimate of drug-likeness (QED) is 0.774. The Labute approximate surface area is 125 Å². The zero-order valence-electron chi connectivity index (χ0n) is 11.5. The summed E-state index contributed by atoms with van der Waals surface area (Å²) in [6, 6.07) is 7.93. The van der Waals surface area contributed by atoms with E-state index in [1.54, 1.807) is 13.0 Å². The number of anilines is 1. The van der Waals surface area contributed by atoms with Crippen LogP contribution in [0, 0.1) is 18.6 Å². The maximum atomic E-state index is 13.8. The fourth-order valence-corrected chi connectivity index (χ4v) is 3.44. The highest BCUT2D eigenvalue weighted by atomic mass is 32.2. The zero-order chi connectivity index (χ0) is 15.9. The van der Waals surface area contributed by atoms with Gasteiger partial charge in [-0.05, 0) is 42.8 Å². The lowest BCUT2D eigenvalue weighted by molar-refractivity contribution is 0.599. The van der Waals surface area contributed by atoms with Crippen molar-refractivity contribution in [3.05, 3.63) is 59.8 Å². The van der Waals surface area contributed by atoms with E-state index in [1.807, 2.05) is 0 Å². The lowest BCUT2D eigenvalue weighted by atomic mass is 10.2. The summed E-state index contributed by atoms with van der Waals surface area (Å²) in [4.78, 5) is 2.62. The molecular formula is C15H12F2N2O2S. The molecule has 3 aromatic rings. The van der Waals surface area contributed by atoms with Crippen molar-refractivity contribution < 1.29 is 17.2 Å². The molecule has 2 aromatic carbocycles.